The van der Waals surface area contributed by atoms with Crippen molar-refractivity contribution >= 4 is 120 Å². The Labute approximate surface area is 331 Å². The van der Waals surface area contributed by atoms with E-state index in [0.29, 0.717) is 0 Å². The Morgan fingerprint density at radius 2 is 0.909 bits per heavy atom. The zero-order chi connectivity index (χ0) is 37.4. The fourth-order valence-electron chi connectivity index (χ4n) is 9.36. The second-order valence-corrected chi connectivity index (χ2v) is 19.5. The molecule has 2 nitrogen and oxygen atoms in total. The third-order valence-corrected chi connectivity index (χ3v) is 14.2. The first-order valence-corrected chi connectivity index (χ1v) is 21.0. The maximum absolute atomic E-state index is 2.65. The lowest BCUT2D eigenvalue weighted by Gasteiger charge is -2.44. The molecule has 9 aromatic rings. The Morgan fingerprint density at radius 3 is 1.49 bits per heavy atom. The van der Waals surface area contributed by atoms with Crippen LogP contribution in [-0.2, 0) is 10.8 Å². The lowest BCUT2D eigenvalue weighted by atomic mass is 9.36. The minimum Gasteiger partial charge on any atom is -0.310 e. The summed E-state index contributed by atoms with van der Waals surface area (Å²) >= 11 is 3.92. The number of benzene rings is 7. The number of anilines is 6. The van der Waals surface area contributed by atoms with Crippen LogP contribution in [0.15, 0.2) is 140 Å². The first kappa shape index (κ1) is 33.0. The van der Waals surface area contributed by atoms with Crippen molar-refractivity contribution in [3.8, 4) is 0 Å². The van der Waals surface area contributed by atoms with Crippen LogP contribution in [0.1, 0.15) is 52.7 Å². The molecule has 2 aliphatic rings. The van der Waals surface area contributed by atoms with E-state index < -0.39 is 0 Å². The van der Waals surface area contributed by atoms with Crippen molar-refractivity contribution < 1.29 is 0 Å². The number of rotatable bonds is 2. The van der Waals surface area contributed by atoms with Crippen LogP contribution >= 0.6 is 22.7 Å². The highest BCUT2D eigenvalue weighted by Crippen LogP contribution is 2.53. The number of hydrogen-bond acceptors (Lipinski definition) is 4. The van der Waals surface area contributed by atoms with E-state index in [4.69, 9.17) is 0 Å². The number of nitrogens with zero attached hydrogens (tertiary/aromatic N) is 2. The van der Waals surface area contributed by atoms with E-state index in [1.807, 2.05) is 22.7 Å². The summed E-state index contributed by atoms with van der Waals surface area (Å²) in [7, 11) is 0. The molecule has 0 saturated heterocycles. The van der Waals surface area contributed by atoms with Crippen LogP contribution in [-0.4, -0.2) is 6.71 Å². The zero-order valence-electron chi connectivity index (χ0n) is 32.1. The van der Waals surface area contributed by atoms with E-state index in [1.165, 1.54) is 102 Å². The first-order valence-electron chi connectivity index (χ1n) is 19.4. The predicted molar refractivity (Wildman–Crippen MR) is 244 cm³/mol. The highest BCUT2D eigenvalue weighted by molar-refractivity contribution is 7.35. The summed E-state index contributed by atoms with van der Waals surface area (Å²) in [6.07, 6.45) is 0. The largest absolute Gasteiger partial charge is 0.310 e. The molecule has 55 heavy (non-hydrogen) atoms. The van der Waals surface area contributed by atoms with E-state index in [0.717, 1.165) is 0 Å². The molecule has 0 amide bonds. The van der Waals surface area contributed by atoms with Crippen LogP contribution < -0.4 is 25.5 Å². The molecule has 4 heterocycles. The predicted octanol–water partition coefficient (Wildman–Crippen LogP) is 13.1. The summed E-state index contributed by atoms with van der Waals surface area (Å²) < 4.78 is 4.09. The summed E-state index contributed by atoms with van der Waals surface area (Å²) in [6, 6.07) is 52.8. The highest BCUT2D eigenvalue weighted by atomic mass is 32.1. The van der Waals surface area contributed by atoms with Crippen LogP contribution in [0.4, 0.5) is 33.4 Å². The molecule has 0 fully saturated rings. The molecule has 2 aromatic heterocycles. The van der Waals surface area contributed by atoms with Crippen molar-refractivity contribution in [2.24, 2.45) is 0 Å². The van der Waals surface area contributed by atoms with E-state index >= 15 is 0 Å². The molecule has 0 atom stereocenters. The molecule has 0 unspecified atom stereocenters. The van der Waals surface area contributed by atoms with Gasteiger partial charge in [-0.15, -0.1) is 22.7 Å². The summed E-state index contributed by atoms with van der Waals surface area (Å²) in [5.74, 6) is 0. The van der Waals surface area contributed by atoms with Crippen molar-refractivity contribution in [1.29, 1.82) is 0 Å². The second kappa shape index (κ2) is 11.6. The van der Waals surface area contributed by atoms with E-state index in [2.05, 4.69) is 191 Å². The fraction of sp³-hybridized carbons (Fsp3) is 0.160. The van der Waals surface area contributed by atoms with Gasteiger partial charge in [0.05, 0.1) is 22.1 Å². The van der Waals surface area contributed by atoms with Gasteiger partial charge in [-0.05, 0) is 108 Å². The molecule has 5 heteroatoms. The Hall–Kier alpha value is -5.36. The van der Waals surface area contributed by atoms with Gasteiger partial charge < -0.3 is 9.80 Å². The Kier molecular flexibility index (Phi) is 6.95. The SMILES string of the molecule is CC(C)(C)c1cc2ccccc2cc1N1c2cccc3c2B(c2sc4ccccc4c2N3c2cc3ccccc3cc2C(C)(C)C)c2c1sc1ccccc21. The molecule has 266 valence electrons. The average molecular weight is 745 g/mol. The van der Waals surface area contributed by atoms with Crippen molar-refractivity contribution in [1.82, 2.24) is 0 Å². The Balaban J connectivity index is 1.30. The molecule has 0 N–H and O–H groups in total. The Bertz CT molecular complexity index is 3050. The molecule has 11 rings (SSSR count). The monoisotopic (exact) mass is 744 g/mol. The van der Waals surface area contributed by atoms with Gasteiger partial charge in [-0.3, -0.25) is 0 Å². The summed E-state index contributed by atoms with van der Waals surface area (Å²) in [5, 5.41) is 9.09. The maximum atomic E-state index is 2.65. The van der Waals surface area contributed by atoms with Gasteiger partial charge in [0.1, 0.15) is 0 Å². The average Bonchev–Trinajstić information content (AvgIpc) is 3.75. The third-order valence-electron chi connectivity index (χ3n) is 11.8. The summed E-state index contributed by atoms with van der Waals surface area (Å²) in [5.41, 5.74) is 11.7. The fourth-order valence-corrected chi connectivity index (χ4v) is 11.9. The molecular formula is C50H41BN2S2. The molecule has 0 bridgehead atoms. The lowest BCUT2D eigenvalue weighted by molar-refractivity contribution is 0.591. The molecule has 7 aromatic carbocycles. The van der Waals surface area contributed by atoms with Crippen LogP contribution in [0.5, 0.6) is 0 Å². The van der Waals surface area contributed by atoms with Gasteiger partial charge in [0.15, 0.2) is 0 Å². The topological polar surface area (TPSA) is 6.48 Å². The van der Waals surface area contributed by atoms with Crippen LogP contribution in [0.3, 0.4) is 0 Å². The maximum Gasteiger partial charge on any atom is 0.266 e. The Morgan fingerprint density at radius 1 is 0.436 bits per heavy atom. The molecule has 0 aliphatic carbocycles. The number of hydrogen-bond donors (Lipinski definition) is 0. The normalized spacial score (nSPS) is 13.9. The van der Waals surface area contributed by atoms with Gasteiger partial charge in [-0.2, -0.15) is 0 Å². The van der Waals surface area contributed by atoms with Crippen molar-refractivity contribution in [3.05, 3.63) is 151 Å². The quantitative estimate of drug-likeness (QED) is 0.163. The van der Waals surface area contributed by atoms with E-state index in [-0.39, 0.29) is 17.5 Å². The van der Waals surface area contributed by atoms with E-state index in [9.17, 15) is 0 Å². The van der Waals surface area contributed by atoms with Gasteiger partial charge in [0, 0.05) is 30.9 Å². The van der Waals surface area contributed by atoms with Crippen LogP contribution in [0.25, 0.3) is 41.7 Å². The van der Waals surface area contributed by atoms with Gasteiger partial charge in [0.2, 0.25) is 0 Å². The first-order chi connectivity index (χ1) is 26.6. The molecule has 0 saturated carbocycles. The minimum atomic E-state index is -0.0908. The van der Waals surface area contributed by atoms with Crippen molar-refractivity contribution in [3.63, 3.8) is 0 Å². The molecular weight excluding hydrogens is 704 g/mol. The standard InChI is InChI=1S/C50H41BN2S2/c1-49(2,3)36-26-30-16-7-9-18-32(30)28-40(36)52-38-22-15-23-39-45(38)51(47-46(52)35-21-12-14-25-43(35)54-47)44-34-20-11-13-24-42(34)55-48(44)53(39)41-29-33-19-10-8-17-31(33)27-37(41)50(4,5)6/h7-29H,1-6H3. The molecule has 0 radical (unpaired) electrons. The second-order valence-electron chi connectivity index (χ2n) is 17.4. The summed E-state index contributed by atoms with van der Waals surface area (Å²) in [6.45, 7) is 14.3. The number of fused-ring (bicyclic) bond motifs is 10. The van der Waals surface area contributed by atoms with Crippen LogP contribution in [0, 0.1) is 0 Å². The van der Waals surface area contributed by atoms with Gasteiger partial charge in [0.25, 0.3) is 6.71 Å². The number of thiophene rings is 2. The van der Waals surface area contributed by atoms with E-state index in [1.54, 1.807) is 0 Å². The summed E-state index contributed by atoms with van der Waals surface area (Å²) in [4.78, 5) is 5.29. The van der Waals surface area contributed by atoms with Crippen molar-refractivity contribution in [2.45, 2.75) is 52.4 Å². The third kappa shape index (κ3) is 4.79. The molecule has 2 aliphatic heterocycles. The van der Waals surface area contributed by atoms with Gasteiger partial charge in [-0.1, -0.05) is 133 Å². The zero-order valence-corrected chi connectivity index (χ0v) is 33.7. The van der Waals surface area contributed by atoms with Gasteiger partial charge >= 0.3 is 0 Å². The smallest absolute Gasteiger partial charge is 0.266 e. The lowest BCUT2D eigenvalue weighted by Crippen LogP contribution is -2.60. The molecule has 0 spiro atoms. The highest BCUT2D eigenvalue weighted by Gasteiger charge is 2.47. The van der Waals surface area contributed by atoms with Crippen LogP contribution in [0.2, 0.25) is 0 Å². The van der Waals surface area contributed by atoms with Gasteiger partial charge in [-0.25, -0.2) is 0 Å². The van der Waals surface area contributed by atoms with Crippen molar-refractivity contribution in [2.75, 3.05) is 9.80 Å². The minimum absolute atomic E-state index is 0.0840.